The third-order valence-electron chi connectivity index (χ3n) is 6.72. The van der Waals surface area contributed by atoms with Crippen molar-refractivity contribution in [1.82, 2.24) is 29.4 Å². The van der Waals surface area contributed by atoms with Gasteiger partial charge in [0.2, 0.25) is 21.8 Å². The van der Waals surface area contributed by atoms with Crippen LogP contribution in [0.1, 0.15) is 19.8 Å². The number of pyridine rings is 1. The first kappa shape index (κ1) is 28.1. The van der Waals surface area contributed by atoms with Crippen molar-refractivity contribution in [1.29, 1.82) is 0 Å². The van der Waals surface area contributed by atoms with Crippen LogP contribution in [0.4, 0.5) is 5.82 Å². The van der Waals surface area contributed by atoms with Crippen LogP contribution in [-0.2, 0) is 14.8 Å². The molecule has 1 aromatic carbocycles. The van der Waals surface area contributed by atoms with Gasteiger partial charge < -0.3 is 19.1 Å². The maximum absolute atomic E-state index is 13.1. The smallest absolute Gasteiger partial charge is 0.234 e. The molecule has 3 aromatic heterocycles. The summed E-state index contributed by atoms with van der Waals surface area (Å²) in [5.41, 5.74) is 1.46. The predicted molar refractivity (Wildman–Crippen MR) is 152 cm³/mol. The molecule has 0 spiro atoms. The van der Waals surface area contributed by atoms with Crippen molar-refractivity contribution in [3.63, 3.8) is 0 Å². The Bertz CT molecular complexity index is 1670. The van der Waals surface area contributed by atoms with Gasteiger partial charge in [-0.05, 0) is 37.5 Å². The SMILES string of the molecule is CCOc1cccc(-c2nc3ncc(NS(=O)(=O)C[C@@H]4CCN(C)C(=O)C4)nc3n2-c2c(OC)cccc2OC)n1. The van der Waals surface area contributed by atoms with Gasteiger partial charge >= 0.3 is 0 Å². The molecule has 1 aliphatic rings. The van der Waals surface area contributed by atoms with E-state index in [0.717, 1.165) is 0 Å². The summed E-state index contributed by atoms with van der Waals surface area (Å²) in [4.78, 5) is 32.0. The number of carbonyl (C=O) groups is 1. The molecular weight excluding hydrogens is 550 g/mol. The van der Waals surface area contributed by atoms with Crippen molar-refractivity contribution >= 4 is 33.0 Å². The fourth-order valence-corrected chi connectivity index (χ4v) is 6.17. The fraction of sp³-hybridized carbons (Fsp3) is 0.370. The Labute approximate surface area is 237 Å². The summed E-state index contributed by atoms with van der Waals surface area (Å²) in [6, 6.07) is 10.6. The number of carbonyl (C=O) groups excluding carboxylic acids is 1. The van der Waals surface area contributed by atoms with Crippen molar-refractivity contribution in [2.75, 3.05) is 44.9 Å². The fourth-order valence-electron chi connectivity index (χ4n) is 4.76. The first-order chi connectivity index (χ1) is 19.7. The van der Waals surface area contributed by atoms with Gasteiger partial charge in [0.15, 0.2) is 22.9 Å². The standard InChI is InChI=1S/C27H31N7O6S/c1-5-40-22-11-6-8-18(29-22)26-31-25-27(34(26)24-19(38-3)9-7-10-20(24)39-4)30-21(15-28-25)32-41(36,37)16-17-12-13-33(2)23(35)14-17/h6-11,15,17H,5,12-14,16H2,1-4H3,(H,30,32)/t17-/m1/s1. The first-order valence-corrected chi connectivity index (χ1v) is 14.7. The van der Waals surface area contributed by atoms with E-state index in [9.17, 15) is 13.2 Å². The van der Waals surface area contributed by atoms with E-state index in [1.807, 2.05) is 6.92 Å². The largest absolute Gasteiger partial charge is 0.494 e. The monoisotopic (exact) mass is 581 g/mol. The van der Waals surface area contributed by atoms with Gasteiger partial charge in [-0.15, -0.1) is 0 Å². The number of fused-ring (bicyclic) bond motifs is 1. The Morgan fingerprint density at radius 3 is 2.46 bits per heavy atom. The Kier molecular flexibility index (Phi) is 7.92. The third kappa shape index (κ3) is 5.87. The molecule has 14 heteroatoms. The Hall–Kier alpha value is -4.46. The van der Waals surface area contributed by atoms with Crippen LogP contribution in [0.2, 0.25) is 0 Å². The van der Waals surface area contributed by atoms with E-state index in [4.69, 9.17) is 19.2 Å². The van der Waals surface area contributed by atoms with Gasteiger partial charge in [-0.1, -0.05) is 12.1 Å². The number of aromatic nitrogens is 5. The molecule has 13 nitrogen and oxygen atoms in total. The molecule has 1 fully saturated rings. The van der Waals surface area contributed by atoms with Crippen molar-refractivity contribution < 1.29 is 27.4 Å². The number of nitrogens with zero attached hydrogens (tertiary/aromatic N) is 6. The summed E-state index contributed by atoms with van der Waals surface area (Å²) in [6.45, 7) is 2.82. The molecular formula is C27H31N7O6S. The highest BCUT2D eigenvalue weighted by Gasteiger charge is 2.29. The van der Waals surface area contributed by atoms with Crippen LogP contribution in [0.15, 0.2) is 42.6 Å². The van der Waals surface area contributed by atoms with Crippen LogP contribution in [-0.4, -0.2) is 83.9 Å². The minimum Gasteiger partial charge on any atom is -0.494 e. The van der Waals surface area contributed by atoms with E-state index in [2.05, 4.69) is 19.7 Å². The molecule has 4 aromatic rings. The number of para-hydroxylation sites is 1. The molecule has 0 saturated carbocycles. The Morgan fingerprint density at radius 2 is 1.78 bits per heavy atom. The van der Waals surface area contributed by atoms with Gasteiger partial charge in [0.25, 0.3) is 0 Å². The van der Waals surface area contributed by atoms with Crippen LogP contribution < -0.4 is 18.9 Å². The topological polar surface area (TPSA) is 151 Å². The molecule has 0 aliphatic carbocycles. The van der Waals surface area contributed by atoms with Crippen LogP contribution in [0.25, 0.3) is 28.5 Å². The maximum atomic E-state index is 13.1. The lowest BCUT2D eigenvalue weighted by atomic mass is 9.99. The summed E-state index contributed by atoms with van der Waals surface area (Å²) < 4.78 is 47.3. The maximum Gasteiger partial charge on any atom is 0.234 e. The van der Waals surface area contributed by atoms with Gasteiger partial charge in [-0.3, -0.25) is 14.1 Å². The number of benzene rings is 1. The molecule has 1 amide bonds. The second-order valence-corrected chi connectivity index (χ2v) is 11.3. The Balaban J connectivity index is 1.61. The normalized spacial score (nSPS) is 15.7. The zero-order chi connectivity index (χ0) is 29.1. The molecule has 1 aliphatic heterocycles. The minimum atomic E-state index is -3.84. The molecule has 5 rings (SSSR count). The van der Waals surface area contributed by atoms with Gasteiger partial charge in [0, 0.05) is 26.1 Å². The highest BCUT2D eigenvalue weighted by molar-refractivity contribution is 7.92. The van der Waals surface area contributed by atoms with E-state index < -0.39 is 10.0 Å². The summed E-state index contributed by atoms with van der Waals surface area (Å²) in [5.74, 6) is 1.16. The average molecular weight is 582 g/mol. The van der Waals surface area contributed by atoms with Gasteiger partial charge in [-0.25, -0.2) is 28.4 Å². The van der Waals surface area contributed by atoms with Gasteiger partial charge in [-0.2, -0.15) is 0 Å². The van der Waals surface area contributed by atoms with Crippen molar-refractivity contribution in [3.05, 3.63) is 42.6 Å². The second-order valence-electron chi connectivity index (χ2n) is 9.54. The lowest BCUT2D eigenvalue weighted by Gasteiger charge is -2.28. The third-order valence-corrected chi connectivity index (χ3v) is 8.15. The number of piperidine rings is 1. The molecule has 1 N–H and O–H groups in total. The van der Waals surface area contributed by atoms with Crippen molar-refractivity contribution in [2.45, 2.75) is 19.8 Å². The summed E-state index contributed by atoms with van der Waals surface area (Å²) >= 11 is 0. The van der Waals surface area contributed by atoms with E-state index >= 15 is 0 Å². The highest BCUT2D eigenvalue weighted by atomic mass is 32.2. The lowest BCUT2D eigenvalue weighted by molar-refractivity contribution is -0.133. The number of nitrogens with one attached hydrogen (secondary N) is 1. The molecule has 41 heavy (non-hydrogen) atoms. The van der Waals surface area contributed by atoms with Gasteiger partial charge in [0.05, 0.1) is 32.8 Å². The number of hydrogen-bond acceptors (Lipinski definition) is 10. The number of ether oxygens (including phenoxy) is 3. The second kappa shape index (κ2) is 11.6. The number of rotatable bonds is 10. The molecule has 1 saturated heterocycles. The molecule has 4 heterocycles. The highest BCUT2D eigenvalue weighted by Crippen LogP contribution is 2.38. The quantitative estimate of drug-likeness (QED) is 0.296. The van der Waals surface area contributed by atoms with Crippen LogP contribution in [0.5, 0.6) is 17.4 Å². The summed E-state index contributed by atoms with van der Waals surface area (Å²) in [6.07, 6.45) is 2.09. The first-order valence-electron chi connectivity index (χ1n) is 13.0. The zero-order valence-corrected chi connectivity index (χ0v) is 24.0. The number of anilines is 1. The molecule has 1 atom stereocenters. The van der Waals surface area contributed by atoms with Crippen LogP contribution in [0.3, 0.4) is 0 Å². The molecule has 0 unspecified atom stereocenters. The van der Waals surface area contributed by atoms with Crippen LogP contribution in [0, 0.1) is 5.92 Å². The minimum absolute atomic E-state index is 0.00865. The lowest BCUT2D eigenvalue weighted by Crippen LogP contribution is -2.38. The van der Waals surface area contributed by atoms with Crippen LogP contribution >= 0.6 is 0 Å². The van der Waals surface area contributed by atoms with E-state index in [-0.39, 0.29) is 41.1 Å². The summed E-state index contributed by atoms with van der Waals surface area (Å²) in [5, 5.41) is 0. The predicted octanol–water partition coefficient (Wildman–Crippen LogP) is 2.90. The average Bonchev–Trinajstić information content (AvgIpc) is 3.33. The van der Waals surface area contributed by atoms with Crippen molar-refractivity contribution in [3.8, 4) is 34.6 Å². The summed E-state index contributed by atoms with van der Waals surface area (Å²) in [7, 11) is 0.943. The van der Waals surface area contributed by atoms with E-state index in [0.29, 0.717) is 54.2 Å². The molecule has 0 bridgehead atoms. The van der Waals surface area contributed by atoms with E-state index in [1.54, 1.807) is 52.9 Å². The zero-order valence-electron chi connectivity index (χ0n) is 23.2. The molecule has 216 valence electrons. The number of methoxy groups -OCH3 is 2. The number of sulfonamides is 1. The number of hydrogen-bond donors (Lipinski definition) is 1. The number of amides is 1. The Morgan fingerprint density at radius 1 is 1.05 bits per heavy atom. The van der Waals surface area contributed by atoms with Crippen molar-refractivity contribution in [2.24, 2.45) is 5.92 Å². The molecule has 0 radical (unpaired) electrons. The number of likely N-dealkylation sites (tertiary alicyclic amines) is 1. The van der Waals surface area contributed by atoms with Gasteiger partial charge in [0.1, 0.15) is 22.9 Å². The van der Waals surface area contributed by atoms with E-state index in [1.165, 1.54) is 20.4 Å². The number of imidazole rings is 1.